The van der Waals surface area contributed by atoms with E-state index in [-0.39, 0.29) is 10.9 Å². The Morgan fingerprint density at radius 1 is 1.12 bits per heavy atom. The molecule has 138 valence electrons. The van der Waals surface area contributed by atoms with E-state index in [9.17, 15) is 18.5 Å². The Morgan fingerprint density at radius 2 is 1.77 bits per heavy atom. The van der Waals surface area contributed by atoms with Crippen LogP contribution in [-0.4, -0.2) is 38.7 Å². The van der Waals surface area contributed by atoms with Crippen LogP contribution in [0.2, 0.25) is 0 Å². The van der Waals surface area contributed by atoms with Crippen LogP contribution in [0.1, 0.15) is 12.8 Å². The number of sulfone groups is 1. The highest BCUT2D eigenvalue weighted by atomic mass is 32.2. The predicted octanol–water partition coefficient (Wildman–Crippen LogP) is 3.08. The molecule has 2 aromatic rings. The van der Waals surface area contributed by atoms with Gasteiger partial charge in [0.1, 0.15) is 4.90 Å². The van der Waals surface area contributed by atoms with Crippen molar-refractivity contribution < 1.29 is 13.3 Å². The summed E-state index contributed by atoms with van der Waals surface area (Å²) in [6, 6.07) is 14.6. The van der Waals surface area contributed by atoms with Crippen LogP contribution >= 0.6 is 0 Å². The lowest BCUT2D eigenvalue weighted by Gasteiger charge is -2.34. The van der Waals surface area contributed by atoms with E-state index in [0.717, 1.165) is 32.2 Å². The molecule has 26 heavy (non-hydrogen) atoms. The normalized spacial score (nSPS) is 15.7. The van der Waals surface area contributed by atoms with Crippen LogP contribution in [0.4, 0.5) is 17.1 Å². The minimum absolute atomic E-state index is 0.198. The van der Waals surface area contributed by atoms with Crippen molar-refractivity contribution in [2.75, 3.05) is 29.6 Å². The first-order valence-electron chi connectivity index (χ1n) is 8.39. The molecule has 1 saturated heterocycles. The fourth-order valence-corrected chi connectivity index (χ4v) is 4.07. The van der Waals surface area contributed by atoms with Crippen LogP contribution in [0.5, 0.6) is 0 Å². The summed E-state index contributed by atoms with van der Waals surface area (Å²) in [5.74, 6) is 0. The zero-order valence-corrected chi connectivity index (χ0v) is 15.3. The van der Waals surface area contributed by atoms with Gasteiger partial charge in [0.05, 0.1) is 4.92 Å². The predicted molar refractivity (Wildman–Crippen MR) is 102 cm³/mol. The number of hydrogen-bond acceptors (Lipinski definition) is 6. The highest BCUT2D eigenvalue weighted by molar-refractivity contribution is 7.90. The highest BCUT2D eigenvalue weighted by Gasteiger charge is 2.24. The molecular formula is C18H21N3O4S. The SMILES string of the molecule is CS(=O)(=O)c1cc(NC2CCN(c3ccccc3)CC2)ccc1[N+](=O)[O-]. The lowest BCUT2D eigenvalue weighted by atomic mass is 10.0. The van der Waals surface area contributed by atoms with E-state index >= 15 is 0 Å². The number of para-hydroxylation sites is 1. The molecule has 1 heterocycles. The maximum atomic E-state index is 11.9. The maximum absolute atomic E-state index is 11.9. The van der Waals surface area contributed by atoms with Gasteiger partial charge in [0.25, 0.3) is 5.69 Å². The lowest BCUT2D eigenvalue weighted by Crippen LogP contribution is -2.39. The van der Waals surface area contributed by atoms with Crippen LogP contribution in [0.3, 0.4) is 0 Å². The van der Waals surface area contributed by atoms with Gasteiger partial charge in [0.15, 0.2) is 9.84 Å². The number of benzene rings is 2. The number of nitro benzene ring substituents is 1. The molecule has 2 aromatic carbocycles. The van der Waals surface area contributed by atoms with E-state index in [2.05, 4.69) is 22.3 Å². The van der Waals surface area contributed by atoms with Crippen LogP contribution in [0, 0.1) is 10.1 Å². The lowest BCUT2D eigenvalue weighted by molar-refractivity contribution is -0.387. The smallest absolute Gasteiger partial charge is 0.288 e. The summed E-state index contributed by atoms with van der Waals surface area (Å²) in [4.78, 5) is 12.4. The van der Waals surface area contributed by atoms with Crippen molar-refractivity contribution >= 4 is 26.9 Å². The van der Waals surface area contributed by atoms with Gasteiger partial charge in [0.2, 0.25) is 0 Å². The van der Waals surface area contributed by atoms with Crippen molar-refractivity contribution in [1.82, 2.24) is 0 Å². The van der Waals surface area contributed by atoms with Gasteiger partial charge in [-0.1, -0.05) is 18.2 Å². The molecule has 1 aliphatic heterocycles. The first kappa shape index (κ1) is 18.2. The maximum Gasteiger partial charge on any atom is 0.288 e. The number of nitrogens with one attached hydrogen (secondary N) is 1. The molecule has 0 radical (unpaired) electrons. The third-order valence-electron chi connectivity index (χ3n) is 4.54. The molecule has 0 amide bonds. The van der Waals surface area contributed by atoms with Crippen molar-refractivity contribution in [1.29, 1.82) is 0 Å². The van der Waals surface area contributed by atoms with Crippen molar-refractivity contribution in [3.8, 4) is 0 Å². The Labute approximate surface area is 152 Å². The van der Waals surface area contributed by atoms with Gasteiger partial charge < -0.3 is 10.2 Å². The number of piperidine rings is 1. The second-order valence-electron chi connectivity index (χ2n) is 6.45. The number of anilines is 2. The standard InChI is InChI=1S/C18H21N3O4S/c1-26(24,25)18-13-15(7-8-17(18)21(22)23)19-14-9-11-20(12-10-14)16-5-3-2-4-6-16/h2-8,13-14,19H,9-12H2,1H3. The minimum atomic E-state index is -3.68. The molecule has 0 unspecified atom stereocenters. The number of nitrogens with zero attached hydrogens (tertiary/aromatic N) is 2. The number of rotatable bonds is 5. The van der Waals surface area contributed by atoms with Crippen molar-refractivity contribution in [2.24, 2.45) is 0 Å². The largest absolute Gasteiger partial charge is 0.382 e. The van der Waals surface area contributed by atoms with Gasteiger partial charge in [-0.2, -0.15) is 0 Å². The van der Waals surface area contributed by atoms with E-state index < -0.39 is 20.4 Å². The van der Waals surface area contributed by atoms with Gasteiger partial charge in [0, 0.05) is 42.8 Å². The Hall–Kier alpha value is -2.61. The summed E-state index contributed by atoms with van der Waals surface area (Å²) in [6.45, 7) is 1.79. The number of nitro groups is 1. The molecule has 0 bridgehead atoms. The van der Waals surface area contributed by atoms with Gasteiger partial charge >= 0.3 is 0 Å². The first-order valence-corrected chi connectivity index (χ1v) is 10.3. The second kappa shape index (κ2) is 7.33. The molecule has 0 atom stereocenters. The van der Waals surface area contributed by atoms with E-state index in [1.165, 1.54) is 17.8 Å². The second-order valence-corrected chi connectivity index (χ2v) is 8.44. The average Bonchev–Trinajstić information content (AvgIpc) is 2.62. The first-order chi connectivity index (χ1) is 12.3. The molecule has 0 saturated carbocycles. The Balaban J connectivity index is 1.70. The topological polar surface area (TPSA) is 92.6 Å². The highest BCUT2D eigenvalue weighted by Crippen LogP contribution is 2.28. The number of hydrogen-bond donors (Lipinski definition) is 1. The monoisotopic (exact) mass is 375 g/mol. The molecule has 0 aromatic heterocycles. The fourth-order valence-electron chi connectivity index (χ4n) is 3.21. The third kappa shape index (κ3) is 4.13. The molecule has 1 N–H and O–H groups in total. The van der Waals surface area contributed by atoms with Crippen molar-refractivity contribution in [2.45, 2.75) is 23.8 Å². The average molecular weight is 375 g/mol. The molecule has 1 fully saturated rings. The molecular weight excluding hydrogens is 354 g/mol. The van der Waals surface area contributed by atoms with Gasteiger partial charge in [-0.15, -0.1) is 0 Å². The summed E-state index contributed by atoms with van der Waals surface area (Å²) >= 11 is 0. The molecule has 1 aliphatic rings. The third-order valence-corrected chi connectivity index (χ3v) is 5.67. The summed E-state index contributed by atoms with van der Waals surface area (Å²) in [6.07, 6.45) is 2.79. The van der Waals surface area contributed by atoms with Gasteiger partial charge in [-0.05, 0) is 37.1 Å². The minimum Gasteiger partial charge on any atom is -0.382 e. The summed E-state index contributed by atoms with van der Waals surface area (Å²) in [5, 5.41) is 14.4. The van der Waals surface area contributed by atoms with E-state index in [4.69, 9.17) is 0 Å². The quantitative estimate of drug-likeness (QED) is 0.638. The fraction of sp³-hybridized carbons (Fsp3) is 0.333. The molecule has 0 spiro atoms. The molecule has 8 heteroatoms. The summed E-state index contributed by atoms with van der Waals surface area (Å²) in [5.41, 5.74) is 1.40. The Bertz CT molecular complexity index is 892. The van der Waals surface area contributed by atoms with E-state index in [0.29, 0.717) is 5.69 Å². The van der Waals surface area contributed by atoms with E-state index in [1.807, 2.05) is 18.2 Å². The Morgan fingerprint density at radius 3 is 2.35 bits per heavy atom. The van der Waals surface area contributed by atoms with Crippen LogP contribution in [0.15, 0.2) is 53.4 Å². The van der Waals surface area contributed by atoms with Crippen molar-refractivity contribution in [3.05, 3.63) is 58.6 Å². The summed E-state index contributed by atoms with van der Waals surface area (Å²) < 4.78 is 23.7. The van der Waals surface area contributed by atoms with Gasteiger partial charge in [-0.3, -0.25) is 10.1 Å². The molecule has 7 nitrogen and oxygen atoms in total. The zero-order chi connectivity index (χ0) is 18.7. The van der Waals surface area contributed by atoms with Crippen molar-refractivity contribution in [3.63, 3.8) is 0 Å². The molecule has 0 aliphatic carbocycles. The zero-order valence-electron chi connectivity index (χ0n) is 14.5. The summed E-state index contributed by atoms with van der Waals surface area (Å²) in [7, 11) is -3.68. The van der Waals surface area contributed by atoms with Crippen LogP contribution in [0.25, 0.3) is 0 Å². The Kier molecular flexibility index (Phi) is 5.13. The van der Waals surface area contributed by atoms with E-state index in [1.54, 1.807) is 6.07 Å². The van der Waals surface area contributed by atoms with Crippen LogP contribution in [-0.2, 0) is 9.84 Å². The van der Waals surface area contributed by atoms with Crippen LogP contribution < -0.4 is 10.2 Å². The van der Waals surface area contributed by atoms with Gasteiger partial charge in [-0.25, -0.2) is 8.42 Å². The molecule has 3 rings (SSSR count).